The minimum Gasteiger partial charge on any atom is -0.491 e. The van der Waals surface area contributed by atoms with Gasteiger partial charge >= 0.3 is 0 Å². The second-order valence-corrected chi connectivity index (χ2v) is 8.25. The fourth-order valence-electron chi connectivity index (χ4n) is 3.48. The number of guanidine groups is 1. The molecule has 0 fully saturated rings. The zero-order valence-corrected chi connectivity index (χ0v) is 20.0. The number of nitrogens with one attached hydrogen (secondary N) is 2. The standard InChI is InChI=1S/C26H35N5O2/c1-5-27-26(30-17-25(32)23-10-7-11-24(15-23)33-19(2)3)29-16-21-8-6-9-22(14-21)18-31-13-12-28-20(31)4/h6-15,19,25,32H,5,16-18H2,1-4H3,(H2,27,29,30). The molecule has 3 rings (SSSR count). The third kappa shape index (κ3) is 7.64. The van der Waals surface area contributed by atoms with E-state index < -0.39 is 6.10 Å². The van der Waals surface area contributed by atoms with E-state index in [9.17, 15) is 5.11 Å². The summed E-state index contributed by atoms with van der Waals surface area (Å²) >= 11 is 0. The number of aryl methyl sites for hydroxylation is 1. The molecule has 0 amide bonds. The lowest BCUT2D eigenvalue weighted by Crippen LogP contribution is -2.39. The number of aliphatic imine (C=N–C) groups is 1. The maximum absolute atomic E-state index is 10.7. The van der Waals surface area contributed by atoms with Crippen molar-refractivity contribution < 1.29 is 9.84 Å². The van der Waals surface area contributed by atoms with E-state index in [0.29, 0.717) is 19.0 Å². The largest absolute Gasteiger partial charge is 0.491 e. The van der Waals surface area contributed by atoms with E-state index in [4.69, 9.17) is 9.73 Å². The molecule has 0 radical (unpaired) electrons. The van der Waals surface area contributed by atoms with E-state index in [-0.39, 0.29) is 6.10 Å². The van der Waals surface area contributed by atoms with E-state index in [1.165, 1.54) is 5.56 Å². The lowest BCUT2D eigenvalue weighted by atomic mass is 10.1. The lowest BCUT2D eigenvalue weighted by Gasteiger charge is -2.17. The monoisotopic (exact) mass is 449 g/mol. The Labute approximate surface area is 196 Å². The van der Waals surface area contributed by atoms with Crippen molar-refractivity contribution >= 4 is 5.96 Å². The normalized spacial score (nSPS) is 12.6. The van der Waals surface area contributed by atoms with Crippen molar-refractivity contribution in [3.05, 3.63) is 83.4 Å². The van der Waals surface area contributed by atoms with Crippen molar-refractivity contribution in [1.82, 2.24) is 20.2 Å². The summed E-state index contributed by atoms with van der Waals surface area (Å²) in [6.07, 6.45) is 3.22. The van der Waals surface area contributed by atoms with Crippen LogP contribution in [-0.4, -0.2) is 39.8 Å². The minimum absolute atomic E-state index is 0.0884. The van der Waals surface area contributed by atoms with Crippen LogP contribution in [0.2, 0.25) is 0 Å². The second-order valence-electron chi connectivity index (χ2n) is 8.25. The smallest absolute Gasteiger partial charge is 0.191 e. The van der Waals surface area contributed by atoms with E-state index in [1.54, 1.807) is 0 Å². The number of rotatable bonds is 10. The number of hydrogen-bond acceptors (Lipinski definition) is 4. The molecule has 0 aliphatic carbocycles. The van der Waals surface area contributed by atoms with Gasteiger partial charge in [0.05, 0.1) is 18.8 Å². The quantitative estimate of drug-likeness (QED) is 0.324. The number of hydrogen-bond donors (Lipinski definition) is 3. The van der Waals surface area contributed by atoms with Gasteiger partial charge in [-0.25, -0.2) is 9.98 Å². The van der Waals surface area contributed by atoms with Crippen molar-refractivity contribution in [3.8, 4) is 5.75 Å². The van der Waals surface area contributed by atoms with Crippen molar-refractivity contribution in [2.24, 2.45) is 4.99 Å². The predicted molar refractivity (Wildman–Crippen MR) is 132 cm³/mol. The third-order valence-electron chi connectivity index (χ3n) is 5.11. The fourth-order valence-corrected chi connectivity index (χ4v) is 3.48. The Morgan fingerprint density at radius 1 is 1.12 bits per heavy atom. The highest BCUT2D eigenvalue weighted by molar-refractivity contribution is 5.79. The molecule has 3 aromatic rings. The Kier molecular flexibility index (Phi) is 8.89. The molecule has 0 aliphatic heterocycles. The molecule has 2 aromatic carbocycles. The number of aliphatic hydroxyl groups is 1. The summed E-state index contributed by atoms with van der Waals surface area (Å²) in [4.78, 5) is 8.99. The van der Waals surface area contributed by atoms with Gasteiger partial charge in [-0.3, -0.25) is 0 Å². The van der Waals surface area contributed by atoms with Gasteiger partial charge in [-0.1, -0.05) is 36.4 Å². The maximum atomic E-state index is 10.7. The van der Waals surface area contributed by atoms with Crippen molar-refractivity contribution in [3.63, 3.8) is 0 Å². The maximum Gasteiger partial charge on any atom is 0.191 e. The molecule has 0 saturated carbocycles. The molecule has 1 aromatic heterocycles. The van der Waals surface area contributed by atoms with Crippen LogP contribution in [0.4, 0.5) is 0 Å². The van der Waals surface area contributed by atoms with Crippen LogP contribution in [0.15, 0.2) is 65.9 Å². The average molecular weight is 450 g/mol. The Morgan fingerprint density at radius 3 is 2.64 bits per heavy atom. The highest BCUT2D eigenvalue weighted by Gasteiger charge is 2.10. The zero-order valence-electron chi connectivity index (χ0n) is 20.0. The molecular formula is C26H35N5O2. The highest BCUT2D eigenvalue weighted by atomic mass is 16.5. The minimum atomic E-state index is -0.675. The number of benzene rings is 2. The first-order valence-corrected chi connectivity index (χ1v) is 11.5. The summed E-state index contributed by atoms with van der Waals surface area (Å²) in [6.45, 7) is 10.4. The number of imidazole rings is 1. The van der Waals surface area contributed by atoms with Crippen LogP contribution in [0.5, 0.6) is 5.75 Å². The Hall–Kier alpha value is -3.32. The fraction of sp³-hybridized carbons (Fsp3) is 0.385. The first-order chi connectivity index (χ1) is 15.9. The Bertz CT molecular complexity index is 1040. The Morgan fingerprint density at radius 2 is 1.91 bits per heavy atom. The SMILES string of the molecule is CCNC(=NCc1cccc(Cn2ccnc2C)c1)NCC(O)c1cccc(OC(C)C)c1. The van der Waals surface area contributed by atoms with Crippen molar-refractivity contribution in [2.45, 2.75) is 53.0 Å². The number of nitrogens with zero attached hydrogens (tertiary/aromatic N) is 3. The molecule has 1 unspecified atom stereocenters. The Balaban J connectivity index is 1.60. The number of aliphatic hydroxyl groups excluding tert-OH is 1. The first-order valence-electron chi connectivity index (χ1n) is 11.5. The molecule has 33 heavy (non-hydrogen) atoms. The van der Waals surface area contributed by atoms with Crippen LogP contribution in [0.1, 0.15) is 49.4 Å². The molecule has 7 heteroatoms. The molecule has 7 nitrogen and oxygen atoms in total. The van der Waals surface area contributed by atoms with Crippen LogP contribution in [0, 0.1) is 6.92 Å². The molecule has 1 heterocycles. The highest BCUT2D eigenvalue weighted by Crippen LogP contribution is 2.20. The van der Waals surface area contributed by atoms with E-state index in [2.05, 4.69) is 44.5 Å². The molecule has 176 valence electrons. The summed E-state index contributed by atoms with van der Waals surface area (Å²) in [5.74, 6) is 2.42. The molecule has 3 N–H and O–H groups in total. The third-order valence-corrected chi connectivity index (χ3v) is 5.11. The molecular weight excluding hydrogens is 414 g/mol. The summed E-state index contributed by atoms with van der Waals surface area (Å²) in [7, 11) is 0. The number of ether oxygens (including phenoxy) is 1. The summed E-state index contributed by atoms with van der Waals surface area (Å²) in [6, 6.07) is 16.0. The van der Waals surface area contributed by atoms with Gasteiger partial charge in [-0.15, -0.1) is 0 Å². The summed E-state index contributed by atoms with van der Waals surface area (Å²) < 4.78 is 7.85. The second kappa shape index (κ2) is 12.1. The van der Waals surface area contributed by atoms with Crippen LogP contribution < -0.4 is 15.4 Å². The van der Waals surface area contributed by atoms with Crippen molar-refractivity contribution in [1.29, 1.82) is 0 Å². The molecule has 0 spiro atoms. The zero-order chi connectivity index (χ0) is 23.6. The predicted octanol–water partition coefficient (Wildman–Crippen LogP) is 3.82. The van der Waals surface area contributed by atoms with Crippen molar-refractivity contribution in [2.75, 3.05) is 13.1 Å². The molecule has 1 atom stereocenters. The average Bonchev–Trinajstić information content (AvgIpc) is 3.19. The van der Waals surface area contributed by atoms with Gasteiger partial charge < -0.3 is 25.0 Å². The van der Waals surface area contributed by atoms with Gasteiger partial charge in [-0.2, -0.15) is 0 Å². The summed E-state index contributed by atoms with van der Waals surface area (Å²) in [5, 5.41) is 17.1. The topological polar surface area (TPSA) is 83.7 Å². The van der Waals surface area contributed by atoms with Gasteiger partial charge in [0.1, 0.15) is 11.6 Å². The van der Waals surface area contributed by atoms with Crippen LogP contribution in [0.3, 0.4) is 0 Å². The molecule has 0 bridgehead atoms. The van der Waals surface area contributed by atoms with Gasteiger partial charge in [0.15, 0.2) is 5.96 Å². The van der Waals surface area contributed by atoms with Gasteiger partial charge in [0.2, 0.25) is 0 Å². The van der Waals surface area contributed by atoms with Gasteiger partial charge in [0.25, 0.3) is 0 Å². The van der Waals surface area contributed by atoms with Crippen LogP contribution in [0.25, 0.3) is 0 Å². The van der Waals surface area contributed by atoms with E-state index in [0.717, 1.165) is 35.8 Å². The molecule has 0 saturated heterocycles. The first kappa shape index (κ1) is 24.3. The van der Waals surface area contributed by atoms with Gasteiger partial charge in [-0.05, 0) is 56.5 Å². The van der Waals surface area contributed by atoms with Gasteiger partial charge in [0, 0.05) is 32.0 Å². The number of aromatic nitrogens is 2. The van der Waals surface area contributed by atoms with Crippen LogP contribution >= 0.6 is 0 Å². The van der Waals surface area contributed by atoms with E-state index in [1.807, 2.05) is 64.4 Å². The lowest BCUT2D eigenvalue weighted by molar-refractivity contribution is 0.179. The molecule has 0 aliphatic rings. The van der Waals surface area contributed by atoms with Crippen LogP contribution in [-0.2, 0) is 13.1 Å². The van der Waals surface area contributed by atoms with E-state index >= 15 is 0 Å². The summed E-state index contributed by atoms with van der Waals surface area (Å²) in [5.41, 5.74) is 3.14.